The van der Waals surface area contributed by atoms with Crippen molar-refractivity contribution in [3.63, 3.8) is 0 Å². The normalized spacial score (nSPS) is 23.2. The number of likely N-dealkylation sites (tertiary alicyclic amines) is 1. The fourth-order valence-corrected chi connectivity index (χ4v) is 3.66. The second-order valence-electron chi connectivity index (χ2n) is 6.87. The maximum Gasteiger partial charge on any atom is 0.321 e. The summed E-state index contributed by atoms with van der Waals surface area (Å²) in [5.41, 5.74) is 1.72. The lowest BCUT2D eigenvalue weighted by molar-refractivity contribution is 0.171. The first-order valence-corrected chi connectivity index (χ1v) is 8.79. The van der Waals surface area contributed by atoms with Crippen LogP contribution in [-0.2, 0) is 11.8 Å². The molecule has 2 fully saturated rings. The van der Waals surface area contributed by atoms with Gasteiger partial charge < -0.3 is 15.0 Å². The molecule has 7 nitrogen and oxygen atoms in total. The zero-order valence-electron chi connectivity index (χ0n) is 14.4. The lowest BCUT2D eigenvalue weighted by Gasteiger charge is -2.19. The van der Waals surface area contributed by atoms with Gasteiger partial charge in [-0.1, -0.05) is 0 Å². The van der Waals surface area contributed by atoms with Crippen LogP contribution in [0, 0.1) is 11.8 Å². The van der Waals surface area contributed by atoms with Crippen molar-refractivity contribution in [1.29, 1.82) is 0 Å². The third-order valence-corrected chi connectivity index (χ3v) is 5.14. The Hall–Kier alpha value is -2.41. The number of amides is 2. The highest BCUT2D eigenvalue weighted by atomic mass is 16.5. The van der Waals surface area contributed by atoms with E-state index in [1.54, 1.807) is 11.0 Å². The van der Waals surface area contributed by atoms with E-state index in [4.69, 9.17) is 4.74 Å². The zero-order valence-corrected chi connectivity index (χ0v) is 14.4. The van der Waals surface area contributed by atoms with E-state index in [1.165, 1.54) is 0 Å². The molecule has 3 heterocycles. The van der Waals surface area contributed by atoms with Gasteiger partial charge >= 0.3 is 6.03 Å². The van der Waals surface area contributed by atoms with Crippen LogP contribution in [0.2, 0.25) is 0 Å². The molecule has 1 aromatic carbocycles. The quantitative estimate of drug-likeness (QED) is 0.930. The molecule has 1 aromatic heterocycles. The van der Waals surface area contributed by atoms with Crippen LogP contribution in [0.5, 0.6) is 0 Å². The predicted octanol–water partition coefficient (Wildman–Crippen LogP) is 2.37. The first-order valence-electron chi connectivity index (χ1n) is 8.79. The van der Waals surface area contributed by atoms with Gasteiger partial charge in [-0.25, -0.2) is 9.78 Å². The van der Waals surface area contributed by atoms with E-state index < -0.39 is 0 Å². The molecule has 2 aliphatic rings. The maximum absolute atomic E-state index is 12.5. The van der Waals surface area contributed by atoms with E-state index in [0.717, 1.165) is 50.4 Å². The van der Waals surface area contributed by atoms with Gasteiger partial charge in [-0.05, 0) is 48.9 Å². The van der Waals surface area contributed by atoms with Crippen LogP contribution in [0.25, 0.3) is 11.4 Å². The SMILES string of the molecule is Cn1cnc(-c2ccc(NC(=O)N3CC[C@H]([C@H]4CCOC4)C3)cc2)n1. The molecule has 0 aliphatic carbocycles. The van der Waals surface area contributed by atoms with Crippen molar-refractivity contribution in [3.8, 4) is 11.4 Å². The molecule has 0 unspecified atom stereocenters. The molecule has 2 atom stereocenters. The van der Waals surface area contributed by atoms with Crippen LogP contribution < -0.4 is 5.32 Å². The number of hydrogen-bond acceptors (Lipinski definition) is 4. The first kappa shape index (κ1) is 16.1. The fraction of sp³-hybridized carbons (Fsp3) is 0.500. The number of urea groups is 1. The highest BCUT2D eigenvalue weighted by Gasteiger charge is 2.33. The molecule has 0 saturated carbocycles. The average Bonchev–Trinajstić information content (AvgIpc) is 3.36. The minimum Gasteiger partial charge on any atom is -0.381 e. The zero-order chi connectivity index (χ0) is 17.2. The molecule has 0 radical (unpaired) electrons. The number of nitrogens with zero attached hydrogens (tertiary/aromatic N) is 4. The molecular weight excluding hydrogens is 318 g/mol. The van der Waals surface area contributed by atoms with Crippen LogP contribution >= 0.6 is 0 Å². The summed E-state index contributed by atoms with van der Waals surface area (Å²) in [6, 6.07) is 7.61. The fourth-order valence-electron chi connectivity index (χ4n) is 3.66. The van der Waals surface area contributed by atoms with Gasteiger partial charge in [-0.15, -0.1) is 0 Å². The number of hydrogen-bond donors (Lipinski definition) is 1. The van der Waals surface area contributed by atoms with E-state index in [0.29, 0.717) is 17.7 Å². The number of anilines is 1. The lowest BCUT2D eigenvalue weighted by Crippen LogP contribution is -2.33. The van der Waals surface area contributed by atoms with Crippen molar-refractivity contribution >= 4 is 11.7 Å². The molecule has 25 heavy (non-hydrogen) atoms. The van der Waals surface area contributed by atoms with Gasteiger partial charge in [-0.2, -0.15) is 5.10 Å². The summed E-state index contributed by atoms with van der Waals surface area (Å²) in [5, 5.41) is 7.27. The van der Waals surface area contributed by atoms with Crippen LogP contribution in [0.1, 0.15) is 12.8 Å². The lowest BCUT2D eigenvalue weighted by atomic mass is 9.91. The van der Waals surface area contributed by atoms with Gasteiger partial charge in [0.05, 0.1) is 0 Å². The van der Waals surface area contributed by atoms with Crippen molar-refractivity contribution in [3.05, 3.63) is 30.6 Å². The minimum absolute atomic E-state index is 0.0230. The molecule has 2 amide bonds. The first-order chi connectivity index (χ1) is 12.2. The van der Waals surface area contributed by atoms with E-state index >= 15 is 0 Å². The Bertz CT molecular complexity index is 736. The minimum atomic E-state index is -0.0230. The van der Waals surface area contributed by atoms with E-state index in [9.17, 15) is 4.79 Å². The van der Waals surface area contributed by atoms with Crippen LogP contribution in [-0.4, -0.2) is 52.0 Å². The monoisotopic (exact) mass is 341 g/mol. The molecule has 2 saturated heterocycles. The van der Waals surface area contributed by atoms with E-state index in [2.05, 4.69) is 15.4 Å². The second kappa shape index (κ2) is 6.84. The van der Waals surface area contributed by atoms with Crippen LogP contribution in [0.15, 0.2) is 30.6 Å². The van der Waals surface area contributed by atoms with Crippen LogP contribution in [0.4, 0.5) is 10.5 Å². The highest BCUT2D eigenvalue weighted by molar-refractivity contribution is 5.89. The van der Waals surface area contributed by atoms with Crippen molar-refractivity contribution < 1.29 is 9.53 Å². The molecule has 1 N–H and O–H groups in total. The molecule has 4 rings (SSSR count). The smallest absolute Gasteiger partial charge is 0.321 e. The maximum atomic E-state index is 12.5. The average molecular weight is 341 g/mol. The third kappa shape index (κ3) is 3.51. The Balaban J connectivity index is 1.35. The number of carbonyl (C=O) groups is 1. The number of benzene rings is 1. The van der Waals surface area contributed by atoms with E-state index in [1.807, 2.05) is 36.2 Å². The summed E-state index contributed by atoms with van der Waals surface area (Å²) in [5.74, 6) is 1.87. The molecule has 2 aliphatic heterocycles. The Morgan fingerprint density at radius 2 is 2.08 bits per heavy atom. The number of carbonyl (C=O) groups excluding carboxylic acids is 1. The van der Waals surface area contributed by atoms with Gasteiger partial charge in [0.15, 0.2) is 5.82 Å². The second-order valence-corrected chi connectivity index (χ2v) is 6.87. The molecular formula is C18H23N5O2. The largest absolute Gasteiger partial charge is 0.381 e. The summed E-state index contributed by atoms with van der Waals surface area (Å²) in [6.07, 6.45) is 3.87. The third-order valence-electron chi connectivity index (χ3n) is 5.14. The predicted molar refractivity (Wildman–Crippen MR) is 94.1 cm³/mol. The van der Waals surface area contributed by atoms with Gasteiger partial charge in [0.25, 0.3) is 0 Å². The van der Waals surface area contributed by atoms with Gasteiger partial charge in [0.1, 0.15) is 6.33 Å². The van der Waals surface area contributed by atoms with Crippen LogP contribution in [0.3, 0.4) is 0 Å². The number of ether oxygens (including phenoxy) is 1. The summed E-state index contributed by atoms with van der Waals surface area (Å²) < 4.78 is 7.15. The van der Waals surface area contributed by atoms with Gasteiger partial charge in [-0.3, -0.25) is 4.68 Å². The number of aromatic nitrogens is 3. The number of nitrogens with one attached hydrogen (secondary N) is 1. The standard InChI is InChI=1S/C18H23N5O2/c1-22-12-19-17(21-22)13-2-4-16(5-3-13)20-18(24)23-8-6-14(10-23)15-7-9-25-11-15/h2-5,12,14-15H,6-11H2,1H3,(H,20,24)/t14-,15-/m0/s1. The molecule has 0 spiro atoms. The van der Waals surface area contributed by atoms with Crippen molar-refractivity contribution in [2.45, 2.75) is 12.8 Å². The van der Waals surface area contributed by atoms with Crippen molar-refractivity contribution in [2.24, 2.45) is 18.9 Å². The molecule has 2 aromatic rings. The Labute approximate surface area is 147 Å². The summed E-state index contributed by atoms with van der Waals surface area (Å²) in [7, 11) is 1.84. The Morgan fingerprint density at radius 1 is 1.24 bits per heavy atom. The van der Waals surface area contributed by atoms with Gasteiger partial charge in [0, 0.05) is 44.6 Å². The number of rotatable bonds is 3. The summed E-state index contributed by atoms with van der Waals surface area (Å²) >= 11 is 0. The van der Waals surface area contributed by atoms with Gasteiger partial charge in [0.2, 0.25) is 0 Å². The summed E-state index contributed by atoms with van der Waals surface area (Å²) in [6.45, 7) is 3.37. The topological polar surface area (TPSA) is 72.3 Å². The molecule has 7 heteroatoms. The summed E-state index contributed by atoms with van der Waals surface area (Å²) in [4.78, 5) is 18.6. The Kier molecular flexibility index (Phi) is 4.40. The number of aryl methyl sites for hydroxylation is 1. The van der Waals surface area contributed by atoms with E-state index in [-0.39, 0.29) is 6.03 Å². The van der Waals surface area contributed by atoms with Crippen molar-refractivity contribution in [2.75, 3.05) is 31.6 Å². The molecule has 132 valence electrons. The highest BCUT2D eigenvalue weighted by Crippen LogP contribution is 2.30. The Morgan fingerprint density at radius 3 is 2.76 bits per heavy atom. The molecule has 0 bridgehead atoms. The van der Waals surface area contributed by atoms with Crippen molar-refractivity contribution in [1.82, 2.24) is 19.7 Å².